The standard InChI is InChI=1S/C22H24N6O2/c1-13-10-19(26-28-12-14(2)24-21(13)28)25-22(29)16-4-5-18(27-8-6-23-7-9-27)17-11-15(3)30-20(16)17/h4-5,10-12,23H,6-9H2,1-3H3,(H,25,26,29). The van der Waals surface area contributed by atoms with Crippen LogP contribution in [0.3, 0.4) is 0 Å². The van der Waals surface area contributed by atoms with Gasteiger partial charge in [-0.3, -0.25) is 4.79 Å². The van der Waals surface area contributed by atoms with Crippen molar-refractivity contribution in [3.8, 4) is 0 Å². The molecule has 0 atom stereocenters. The number of furan rings is 1. The minimum Gasteiger partial charge on any atom is -0.460 e. The summed E-state index contributed by atoms with van der Waals surface area (Å²) in [6.45, 7) is 9.53. The van der Waals surface area contributed by atoms with E-state index in [4.69, 9.17) is 4.42 Å². The van der Waals surface area contributed by atoms with Gasteiger partial charge in [0.25, 0.3) is 5.91 Å². The molecule has 1 aromatic carbocycles. The molecule has 0 radical (unpaired) electrons. The predicted octanol–water partition coefficient (Wildman–Crippen LogP) is 3.06. The van der Waals surface area contributed by atoms with Crippen LogP contribution in [-0.4, -0.2) is 46.7 Å². The summed E-state index contributed by atoms with van der Waals surface area (Å²) in [5.74, 6) is 1.01. The number of fused-ring (bicyclic) bond motifs is 2. The van der Waals surface area contributed by atoms with Crippen molar-refractivity contribution in [2.75, 3.05) is 36.4 Å². The molecule has 154 valence electrons. The summed E-state index contributed by atoms with van der Waals surface area (Å²) in [4.78, 5) is 19.9. The molecule has 1 aliphatic rings. The average molecular weight is 404 g/mol. The van der Waals surface area contributed by atoms with E-state index in [1.807, 2.05) is 51.2 Å². The molecule has 4 heterocycles. The van der Waals surface area contributed by atoms with Gasteiger partial charge < -0.3 is 20.0 Å². The molecule has 0 aliphatic carbocycles. The van der Waals surface area contributed by atoms with Crippen molar-refractivity contribution in [2.45, 2.75) is 20.8 Å². The molecule has 1 aliphatic heterocycles. The van der Waals surface area contributed by atoms with Gasteiger partial charge in [-0.1, -0.05) is 0 Å². The second-order valence-electron chi connectivity index (χ2n) is 7.79. The minimum atomic E-state index is -0.246. The normalized spacial score (nSPS) is 14.6. The smallest absolute Gasteiger partial charge is 0.260 e. The van der Waals surface area contributed by atoms with Gasteiger partial charge in [0.15, 0.2) is 11.5 Å². The lowest BCUT2D eigenvalue weighted by Gasteiger charge is -2.30. The van der Waals surface area contributed by atoms with Gasteiger partial charge in [-0.05, 0) is 50.6 Å². The molecule has 1 saturated heterocycles. The second kappa shape index (κ2) is 7.14. The number of nitrogens with zero attached hydrogens (tertiary/aromatic N) is 4. The van der Waals surface area contributed by atoms with Crippen LogP contribution in [0.25, 0.3) is 16.6 Å². The van der Waals surface area contributed by atoms with Crippen LogP contribution in [0.4, 0.5) is 11.5 Å². The Hall–Kier alpha value is -3.39. The van der Waals surface area contributed by atoms with Crippen LogP contribution >= 0.6 is 0 Å². The van der Waals surface area contributed by atoms with E-state index in [1.54, 1.807) is 4.52 Å². The third-order valence-corrected chi connectivity index (χ3v) is 5.46. The highest BCUT2D eigenvalue weighted by molar-refractivity contribution is 6.13. The van der Waals surface area contributed by atoms with Crippen LogP contribution in [0.15, 0.2) is 34.9 Å². The van der Waals surface area contributed by atoms with E-state index in [2.05, 4.69) is 25.6 Å². The lowest BCUT2D eigenvalue weighted by atomic mass is 10.1. The van der Waals surface area contributed by atoms with Crippen LogP contribution in [-0.2, 0) is 0 Å². The number of rotatable bonds is 3. The first-order valence-corrected chi connectivity index (χ1v) is 10.1. The number of hydrogen-bond donors (Lipinski definition) is 2. The Labute approximate surface area is 173 Å². The Morgan fingerprint density at radius 3 is 2.77 bits per heavy atom. The average Bonchev–Trinajstić information content (AvgIpc) is 3.29. The van der Waals surface area contributed by atoms with Crippen molar-refractivity contribution >= 4 is 34.0 Å². The van der Waals surface area contributed by atoms with Gasteiger partial charge >= 0.3 is 0 Å². The molecular weight excluding hydrogens is 380 g/mol. The number of carbonyl (C=O) groups excluding carboxylic acids is 1. The van der Waals surface area contributed by atoms with Gasteiger partial charge in [0.2, 0.25) is 0 Å². The van der Waals surface area contributed by atoms with Crippen molar-refractivity contribution in [3.63, 3.8) is 0 Å². The number of carbonyl (C=O) groups is 1. The fraction of sp³-hybridized carbons (Fsp3) is 0.318. The lowest BCUT2D eigenvalue weighted by molar-refractivity contribution is 0.102. The molecule has 0 spiro atoms. The first-order valence-electron chi connectivity index (χ1n) is 10.1. The Kier molecular flexibility index (Phi) is 4.43. The number of hydrogen-bond acceptors (Lipinski definition) is 6. The van der Waals surface area contributed by atoms with Gasteiger partial charge in [-0.15, -0.1) is 5.10 Å². The Morgan fingerprint density at radius 1 is 1.17 bits per heavy atom. The van der Waals surface area contributed by atoms with E-state index in [0.29, 0.717) is 17.0 Å². The number of aryl methyl sites for hydroxylation is 3. The summed E-state index contributed by atoms with van der Waals surface area (Å²) in [6.07, 6.45) is 1.84. The molecule has 0 unspecified atom stereocenters. The first-order chi connectivity index (χ1) is 14.5. The van der Waals surface area contributed by atoms with Crippen molar-refractivity contribution in [1.29, 1.82) is 0 Å². The van der Waals surface area contributed by atoms with Crippen LogP contribution in [0.1, 0.15) is 27.4 Å². The Bertz CT molecular complexity index is 1270. The quantitative estimate of drug-likeness (QED) is 0.546. The zero-order valence-corrected chi connectivity index (χ0v) is 17.3. The van der Waals surface area contributed by atoms with Crippen LogP contribution in [0, 0.1) is 20.8 Å². The molecular formula is C22H24N6O2. The monoisotopic (exact) mass is 404 g/mol. The van der Waals surface area contributed by atoms with E-state index < -0.39 is 0 Å². The maximum Gasteiger partial charge on any atom is 0.260 e. The van der Waals surface area contributed by atoms with E-state index in [9.17, 15) is 4.79 Å². The summed E-state index contributed by atoms with van der Waals surface area (Å²) in [7, 11) is 0. The molecule has 5 rings (SSSR count). The minimum absolute atomic E-state index is 0.246. The SMILES string of the molecule is Cc1cn2nc(NC(=O)c3ccc(N4CCNCC4)c4cc(C)oc34)cc(C)c2n1. The van der Waals surface area contributed by atoms with E-state index >= 15 is 0 Å². The van der Waals surface area contributed by atoms with E-state index in [-0.39, 0.29) is 5.91 Å². The lowest BCUT2D eigenvalue weighted by Crippen LogP contribution is -2.43. The summed E-state index contributed by atoms with van der Waals surface area (Å²) in [5.41, 5.74) is 4.82. The van der Waals surface area contributed by atoms with Gasteiger partial charge in [-0.2, -0.15) is 0 Å². The maximum absolute atomic E-state index is 13.1. The number of aromatic nitrogens is 3. The zero-order valence-electron chi connectivity index (χ0n) is 17.3. The predicted molar refractivity (Wildman–Crippen MR) is 116 cm³/mol. The molecule has 8 nitrogen and oxygen atoms in total. The molecule has 8 heteroatoms. The number of benzene rings is 1. The summed E-state index contributed by atoms with van der Waals surface area (Å²) in [5, 5.41) is 11.7. The maximum atomic E-state index is 13.1. The van der Waals surface area contributed by atoms with Crippen molar-refractivity contribution in [1.82, 2.24) is 19.9 Å². The molecule has 0 saturated carbocycles. The second-order valence-corrected chi connectivity index (χ2v) is 7.79. The van der Waals surface area contributed by atoms with Gasteiger partial charge in [0.05, 0.1) is 17.5 Å². The highest BCUT2D eigenvalue weighted by atomic mass is 16.3. The summed E-state index contributed by atoms with van der Waals surface area (Å²) in [6, 6.07) is 7.69. The Balaban J connectivity index is 1.51. The van der Waals surface area contributed by atoms with Crippen LogP contribution < -0.4 is 15.5 Å². The fourth-order valence-electron chi connectivity index (χ4n) is 4.08. The summed E-state index contributed by atoms with van der Waals surface area (Å²) >= 11 is 0. The van der Waals surface area contributed by atoms with Gasteiger partial charge in [0.1, 0.15) is 11.3 Å². The van der Waals surface area contributed by atoms with Gasteiger partial charge in [0, 0.05) is 37.3 Å². The molecule has 3 aromatic heterocycles. The Morgan fingerprint density at radius 2 is 1.97 bits per heavy atom. The molecule has 4 aromatic rings. The van der Waals surface area contributed by atoms with E-state index in [1.165, 1.54) is 0 Å². The zero-order chi connectivity index (χ0) is 20.8. The van der Waals surface area contributed by atoms with Crippen molar-refractivity contribution in [2.24, 2.45) is 0 Å². The number of imidazole rings is 1. The van der Waals surface area contributed by atoms with E-state index in [0.717, 1.165) is 59.9 Å². The van der Waals surface area contributed by atoms with Crippen molar-refractivity contribution in [3.05, 3.63) is 53.0 Å². The number of nitrogens with one attached hydrogen (secondary N) is 2. The first kappa shape index (κ1) is 18.6. The molecule has 1 fully saturated rings. The third-order valence-electron chi connectivity index (χ3n) is 5.46. The van der Waals surface area contributed by atoms with Crippen molar-refractivity contribution < 1.29 is 9.21 Å². The molecule has 0 bridgehead atoms. The topological polar surface area (TPSA) is 87.7 Å². The molecule has 30 heavy (non-hydrogen) atoms. The highest BCUT2D eigenvalue weighted by Crippen LogP contribution is 2.33. The fourth-order valence-corrected chi connectivity index (χ4v) is 4.08. The van der Waals surface area contributed by atoms with Crippen LogP contribution in [0.2, 0.25) is 0 Å². The van der Waals surface area contributed by atoms with Gasteiger partial charge in [-0.25, -0.2) is 9.50 Å². The number of piperazine rings is 1. The highest BCUT2D eigenvalue weighted by Gasteiger charge is 2.21. The molecule has 2 N–H and O–H groups in total. The number of anilines is 2. The molecule has 1 amide bonds. The van der Waals surface area contributed by atoms with Crippen LogP contribution in [0.5, 0.6) is 0 Å². The third kappa shape index (κ3) is 3.19. The summed E-state index contributed by atoms with van der Waals surface area (Å²) < 4.78 is 7.64. The largest absolute Gasteiger partial charge is 0.460 e. The number of amides is 1.